The van der Waals surface area contributed by atoms with Gasteiger partial charge in [0.25, 0.3) is 0 Å². The highest BCUT2D eigenvalue weighted by atomic mass is 19.2. The van der Waals surface area contributed by atoms with Gasteiger partial charge in [0, 0.05) is 19.3 Å². The molecule has 0 radical (unpaired) electrons. The molecule has 1 atom stereocenters. The van der Waals surface area contributed by atoms with Crippen LogP contribution >= 0.6 is 0 Å². The summed E-state index contributed by atoms with van der Waals surface area (Å²) in [4.78, 5) is 0. The maximum atomic E-state index is 13.1. The minimum atomic E-state index is -0.829. The third-order valence-corrected chi connectivity index (χ3v) is 3.30. The van der Waals surface area contributed by atoms with Crippen LogP contribution in [0.5, 0.6) is 0 Å². The van der Waals surface area contributed by atoms with Gasteiger partial charge in [0.2, 0.25) is 0 Å². The molecule has 1 aliphatic rings. The van der Waals surface area contributed by atoms with Crippen molar-refractivity contribution in [1.82, 2.24) is 0 Å². The number of nitrogens with two attached hydrogens (primary N) is 1. The molecule has 94 valence electrons. The summed E-state index contributed by atoms with van der Waals surface area (Å²) in [6.45, 7) is 1.55. The summed E-state index contributed by atoms with van der Waals surface area (Å²) in [5, 5.41) is 0. The standard InChI is InChI=1S/C13H17F2NO/c14-11-2-1-10(8-12(11)15)13(16)7-9-3-5-17-6-4-9/h1-2,8-9,13H,3-7,16H2. The first-order valence-corrected chi connectivity index (χ1v) is 5.95. The van der Waals surface area contributed by atoms with Crippen LogP contribution in [0.4, 0.5) is 8.78 Å². The van der Waals surface area contributed by atoms with Crippen LogP contribution in [0.15, 0.2) is 18.2 Å². The van der Waals surface area contributed by atoms with E-state index in [2.05, 4.69) is 0 Å². The molecule has 0 saturated carbocycles. The van der Waals surface area contributed by atoms with E-state index in [1.807, 2.05) is 0 Å². The molecule has 1 fully saturated rings. The molecule has 1 aromatic carbocycles. The maximum absolute atomic E-state index is 13.1. The molecular weight excluding hydrogens is 224 g/mol. The van der Waals surface area contributed by atoms with Gasteiger partial charge in [-0.05, 0) is 42.9 Å². The average Bonchev–Trinajstić information content (AvgIpc) is 2.34. The van der Waals surface area contributed by atoms with Crippen molar-refractivity contribution in [2.45, 2.75) is 25.3 Å². The quantitative estimate of drug-likeness (QED) is 0.883. The molecule has 4 heteroatoms. The van der Waals surface area contributed by atoms with Crippen LogP contribution in [-0.2, 0) is 4.74 Å². The summed E-state index contributed by atoms with van der Waals surface area (Å²) in [7, 11) is 0. The van der Waals surface area contributed by atoms with Crippen molar-refractivity contribution in [2.24, 2.45) is 11.7 Å². The molecule has 2 rings (SSSR count). The van der Waals surface area contributed by atoms with Gasteiger partial charge in [0.15, 0.2) is 11.6 Å². The van der Waals surface area contributed by atoms with E-state index in [0.717, 1.165) is 38.5 Å². The Morgan fingerprint density at radius 3 is 2.59 bits per heavy atom. The molecule has 0 spiro atoms. The lowest BCUT2D eigenvalue weighted by atomic mass is 9.90. The highest BCUT2D eigenvalue weighted by Gasteiger charge is 2.18. The van der Waals surface area contributed by atoms with Gasteiger partial charge in [-0.25, -0.2) is 8.78 Å². The predicted octanol–water partition coefficient (Wildman–Crippen LogP) is 2.78. The third-order valence-electron chi connectivity index (χ3n) is 3.30. The Kier molecular flexibility index (Phi) is 4.07. The molecule has 1 unspecified atom stereocenters. The molecule has 1 heterocycles. The third kappa shape index (κ3) is 3.23. The normalized spacial score (nSPS) is 19.2. The molecule has 2 nitrogen and oxygen atoms in total. The van der Waals surface area contributed by atoms with Crippen LogP contribution < -0.4 is 5.73 Å². The van der Waals surface area contributed by atoms with E-state index in [-0.39, 0.29) is 6.04 Å². The van der Waals surface area contributed by atoms with Crippen molar-refractivity contribution in [3.63, 3.8) is 0 Å². The summed E-state index contributed by atoms with van der Waals surface area (Å²) in [5.74, 6) is -1.14. The van der Waals surface area contributed by atoms with Crippen LogP contribution in [0, 0.1) is 17.6 Å². The second-order valence-corrected chi connectivity index (χ2v) is 4.57. The molecule has 1 saturated heterocycles. The fraction of sp³-hybridized carbons (Fsp3) is 0.538. The van der Waals surface area contributed by atoms with Crippen molar-refractivity contribution < 1.29 is 13.5 Å². The molecule has 2 N–H and O–H groups in total. The van der Waals surface area contributed by atoms with Crippen LogP contribution in [0.25, 0.3) is 0 Å². The van der Waals surface area contributed by atoms with Gasteiger partial charge < -0.3 is 10.5 Å². The lowest BCUT2D eigenvalue weighted by molar-refractivity contribution is 0.0618. The summed E-state index contributed by atoms with van der Waals surface area (Å²) < 4.78 is 31.1. The van der Waals surface area contributed by atoms with Gasteiger partial charge in [-0.1, -0.05) is 6.07 Å². The second kappa shape index (κ2) is 5.56. The molecule has 0 aliphatic carbocycles. The first-order chi connectivity index (χ1) is 8.16. The smallest absolute Gasteiger partial charge is 0.159 e. The van der Waals surface area contributed by atoms with E-state index < -0.39 is 11.6 Å². The maximum Gasteiger partial charge on any atom is 0.159 e. The average molecular weight is 241 g/mol. The van der Waals surface area contributed by atoms with E-state index in [1.165, 1.54) is 6.07 Å². The monoisotopic (exact) mass is 241 g/mol. The molecule has 17 heavy (non-hydrogen) atoms. The Morgan fingerprint density at radius 2 is 1.94 bits per heavy atom. The fourth-order valence-corrected chi connectivity index (χ4v) is 2.22. The minimum Gasteiger partial charge on any atom is -0.381 e. The lowest BCUT2D eigenvalue weighted by Gasteiger charge is -2.25. The van der Waals surface area contributed by atoms with Crippen molar-refractivity contribution in [2.75, 3.05) is 13.2 Å². The van der Waals surface area contributed by atoms with Crippen LogP contribution in [0.1, 0.15) is 30.9 Å². The Hall–Kier alpha value is -1.00. The SMILES string of the molecule is NC(CC1CCOCC1)c1ccc(F)c(F)c1. The van der Waals surface area contributed by atoms with Crippen molar-refractivity contribution in [3.8, 4) is 0 Å². The lowest BCUT2D eigenvalue weighted by Crippen LogP contribution is -2.21. The molecule has 0 amide bonds. The van der Waals surface area contributed by atoms with Crippen molar-refractivity contribution >= 4 is 0 Å². The highest BCUT2D eigenvalue weighted by Crippen LogP contribution is 2.26. The van der Waals surface area contributed by atoms with Gasteiger partial charge in [-0.15, -0.1) is 0 Å². The molecule has 1 aliphatic heterocycles. The molecular formula is C13H17F2NO. The van der Waals surface area contributed by atoms with Crippen LogP contribution in [-0.4, -0.2) is 13.2 Å². The van der Waals surface area contributed by atoms with E-state index in [4.69, 9.17) is 10.5 Å². The Morgan fingerprint density at radius 1 is 1.24 bits per heavy atom. The topological polar surface area (TPSA) is 35.2 Å². The van der Waals surface area contributed by atoms with Gasteiger partial charge in [0.1, 0.15) is 0 Å². The zero-order chi connectivity index (χ0) is 12.3. The second-order valence-electron chi connectivity index (χ2n) is 4.57. The molecule has 0 bridgehead atoms. The number of hydrogen-bond donors (Lipinski definition) is 1. The van der Waals surface area contributed by atoms with Gasteiger partial charge in [-0.2, -0.15) is 0 Å². The highest BCUT2D eigenvalue weighted by molar-refractivity contribution is 5.21. The first kappa shape index (κ1) is 12.5. The van der Waals surface area contributed by atoms with Crippen molar-refractivity contribution in [3.05, 3.63) is 35.4 Å². The summed E-state index contributed by atoms with van der Waals surface area (Å²) in [6, 6.07) is 3.66. The zero-order valence-corrected chi connectivity index (χ0v) is 9.66. The number of hydrogen-bond acceptors (Lipinski definition) is 2. The Labute approximate surface area is 99.8 Å². The number of benzene rings is 1. The predicted molar refractivity (Wildman–Crippen MR) is 61.4 cm³/mol. The Bertz CT molecular complexity index is 378. The van der Waals surface area contributed by atoms with Gasteiger partial charge in [-0.3, -0.25) is 0 Å². The number of rotatable bonds is 3. The summed E-state index contributed by atoms with van der Waals surface area (Å²) in [6.07, 6.45) is 2.79. The number of halogens is 2. The van der Waals surface area contributed by atoms with Crippen LogP contribution in [0.3, 0.4) is 0 Å². The summed E-state index contributed by atoms with van der Waals surface area (Å²) in [5.41, 5.74) is 6.68. The Balaban J connectivity index is 1.98. The van der Waals surface area contributed by atoms with Gasteiger partial charge in [0.05, 0.1) is 0 Å². The van der Waals surface area contributed by atoms with Crippen molar-refractivity contribution in [1.29, 1.82) is 0 Å². The minimum absolute atomic E-state index is 0.229. The first-order valence-electron chi connectivity index (χ1n) is 5.95. The molecule has 1 aromatic rings. The van der Waals surface area contributed by atoms with E-state index in [9.17, 15) is 8.78 Å². The zero-order valence-electron chi connectivity index (χ0n) is 9.66. The van der Waals surface area contributed by atoms with E-state index >= 15 is 0 Å². The summed E-state index contributed by atoms with van der Waals surface area (Å²) >= 11 is 0. The fourth-order valence-electron chi connectivity index (χ4n) is 2.22. The van der Waals surface area contributed by atoms with E-state index in [1.54, 1.807) is 6.07 Å². The molecule has 0 aromatic heterocycles. The van der Waals surface area contributed by atoms with Crippen LogP contribution in [0.2, 0.25) is 0 Å². The van der Waals surface area contributed by atoms with E-state index in [0.29, 0.717) is 11.5 Å². The largest absolute Gasteiger partial charge is 0.381 e. The number of ether oxygens (including phenoxy) is 1. The van der Waals surface area contributed by atoms with Gasteiger partial charge >= 0.3 is 0 Å².